The average molecular weight is 286 g/mol. The van der Waals surface area contributed by atoms with E-state index in [-0.39, 0.29) is 11.7 Å². The van der Waals surface area contributed by atoms with Crippen LogP contribution in [0.3, 0.4) is 0 Å². The van der Waals surface area contributed by atoms with Crippen LogP contribution in [0.1, 0.15) is 25.5 Å². The van der Waals surface area contributed by atoms with Gasteiger partial charge in [-0.25, -0.2) is 0 Å². The van der Waals surface area contributed by atoms with Crippen LogP contribution in [0.15, 0.2) is 48.5 Å². The van der Waals surface area contributed by atoms with Crippen LogP contribution < -0.4 is 10.1 Å². The number of nitrogens with one attached hydrogen (secondary N) is 1. The summed E-state index contributed by atoms with van der Waals surface area (Å²) in [5.74, 6) is 0.840. The van der Waals surface area contributed by atoms with Crippen LogP contribution in [0.2, 0.25) is 0 Å². The van der Waals surface area contributed by atoms with Crippen LogP contribution in [-0.2, 0) is 0 Å². The molecule has 0 aliphatic carbocycles. The van der Waals surface area contributed by atoms with Crippen molar-refractivity contribution in [1.29, 1.82) is 0 Å². The normalized spacial score (nSPS) is 11.7. The van der Waals surface area contributed by atoms with Crippen molar-refractivity contribution < 1.29 is 9.66 Å². The van der Waals surface area contributed by atoms with Crippen molar-refractivity contribution in [1.82, 2.24) is 0 Å². The molecule has 2 aromatic rings. The fraction of sp³-hybridized carbons (Fsp3) is 0.250. The largest absolute Gasteiger partial charge is 0.494 e. The molecule has 0 bridgehead atoms. The van der Waals surface area contributed by atoms with Crippen LogP contribution in [0.4, 0.5) is 11.4 Å². The Morgan fingerprint density at radius 3 is 2.57 bits per heavy atom. The van der Waals surface area contributed by atoms with E-state index in [2.05, 4.69) is 5.32 Å². The highest BCUT2D eigenvalue weighted by atomic mass is 16.6. The Morgan fingerprint density at radius 2 is 1.95 bits per heavy atom. The van der Waals surface area contributed by atoms with Gasteiger partial charge in [-0.05, 0) is 43.7 Å². The van der Waals surface area contributed by atoms with Gasteiger partial charge in [-0.1, -0.05) is 12.1 Å². The highest BCUT2D eigenvalue weighted by molar-refractivity contribution is 5.50. The van der Waals surface area contributed by atoms with Gasteiger partial charge in [-0.2, -0.15) is 0 Å². The molecule has 0 heterocycles. The Hall–Kier alpha value is -2.56. The van der Waals surface area contributed by atoms with Gasteiger partial charge in [0.15, 0.2) is 0 Å². The lowest BCUT2D eigenvalue weighted by Crippen LogP contribution is -2.06. The summed E-state index contributed by atoms with van der Waals surface area (Å²) >= 11 is 0. The highest BCUT2D eigenvalue weighted by Gasteiger charge is 2.08. The average Bonchev–Trinajstić information content (AvgIpc) is 2.48. The first-order valence-electron chi connectivity index (χ1n) is 6.84. The molecule has 0 amide bonds. The van der Waals surface area contributed by atoms with Gasteiger partial charge >= 0.3 is 0 Å². The van der Waals surface area contributed by atoms with E-state index in [1.807, 2.05) is 38.1 Å². The summed E-state index contributed by atoms with van der Waals surface area (Å²) < 4.78 is 5.49. The number of hydrogen-bond donors (Lipinski definition) is 1. The van der Waals surface area contributed by atoms with E-state index in [1.54, 1.807) is 12.1 Å². The van der Waals surface area contributed by atoms with Crippen molar-refractivity contribution in [3.8, 4) is 5.75 Å². The zero-order valence-corrected chi connectivity index (χ0v) is 12.1. The number of nitro benzene ring substituents is 1. The van der Waals surface area contributed by atoms with Gasteiger partial charge < -0.3 is 10.1 Å². The molecule has 0 aliphatic heterocycles. The smallest absolute Gasteiger partial charge is 0.269 e. The first kappa shape index (κ1) is 14.8. The number of nitro groups is 1. The molecule has 1 atom stereocenters. The van der Waals surface area contributed by atoms with Crippen molar-refractivity contribution in [2.75, 3.05) is 11.9 Å². The number of ether oxygens (including phenoxy) is 1. The van der Waals surface area contributed by atoms with Gasteiger partial charge in [0.2, 0.25) is 0 Å². The molecule has 1 unspecified atom stereocenters. The zero-order chi connectivity index (χ0) is 15.2. The molecule has 1 N–H and O–H groups in total. The Morgan fingerprint density at radius 1 is 1.24 bits per heavy atom. The van der Waals surface area contributed by atoms with Crippen molar-refractivity contribution in [2.45, 2.75) is 19.9 Å². The van der Waals surface area contributed by atoms with Gasteiger partial charge in [0, 0.05) is 23.9 Å². The molecule has 0 aliphatic rings. The predicted molar refractivity (Wildman–Crippen MR) is 82.7 cm³/mol. The molecule has 2 aromatic carbocycles. The van der Waals surface area contributed by atoms with Crippen molar-refractivity contribution in [2.24, 2.45) is 0 Å². The number of benzene rings is 2. The fourth-order valence-corrected chi connectivity index (χ4v) is 2.05. The molecule has 0 aromatic heterocycles. The molecule has 0 saturated carbocycles. The first-order chi connectivity index (χ1) is 10.1. The third kappa shape index (κ3) is 3.95. The van der Waals surface area contributed by atoms with E-state index in [1.165, 1.54) is 12.1 Å². The Labute approximate surface area is 123 Å². The second kappa shape index (κ2) is 6.74. The molecule has 21 heavy (non-hydrogen) atoms. The summed E-state index contributed by atoms with van der Waals surface area (Å²) in [5.41, 5.74) is 2.03. The van der Waals surface area contributed by atoms with Crippen molar-refractivity contribution in [3.05, 3.63) is 64.2 Å². The third-order valence-electron chi connectivity index (χ3n) is 3.13. The van der Waals surface area contributed by atoms with Crippen LogP contribution in [-0.4, -0.2) is 11.5 Å². The fourth-order valence-electron chi connectivity index (χ4n) is 2.05. The predicted octanol–water partition coefficient (Wildman–Crippen LogP) is 4.17. The topological polar surface area (TPSA) is 64.4 Å². The minimum absolute atomic E-state index is 0.0758. The number of anilines is 1. The third-order valence-corrected chi connectivity index (χ3v) is 3.13. The molecule has 5 heteroatoms. The van der Waals surface area contributed by atoms with Crippen LogP contribution >= 0.6 is 0 Å². The van der Waals surface area contributed by atoms with E-state index in [9.17, 15) is 10.1 Å². The Bertz CT molecular complexity index is 611. The lowest BCUT2D eigenvalue weighted by Gasteiger charge is -2.16. The zero-order valence-electron chi connectivity index (χ0n) is 12.1. The van der Waals surface area contributed by atoms with Crippen LogP contribution in [0.25, 0.3) is 0 Å². The second-order valence-corrected chi connectivity index (χ2v) is 4.68. The summed E-state index contributed by atoms with van der Waals surface area (Å²) in [6, 6.07) is 14.4. The summed E-state index contributed by atoms with van der Waals surface area (Å²) in [6.07, 6.45) is 0. The van der Waals surface area contributed by atoms with E-state index < -0.39 is 4.92 Å². The lowest BCUT2D eigenvalue weighted by molar-refractivity contribution is -0.384. The molecule has 0 saturated heterocycles. The lowest BCUT2D eigenvalue weighted by atomic mass is 10.1. The minimum Gasteiger partial charge on any atom is -0.494 e. The number of hydrogen-bond acceptors (Lipinski definition) is 4. The van der Waals surface area contributed by atoms with Crippen molar-refractivity contribution in [3.63, 3.8) is 0 Å². The first-order valence-corrected chi connectivity index (χ1v) is 6.84. The second-order valence-electron chi connectivity index (χ2n) is 4.68. The monoisotopic (exact) mass is 286 g/mol. The Balaban J connectivity index is 2.08. The Kier molecular flexibility index (Phi) is 4.77. The maximum atomic E-state index is 10.6. The quantitative estimate of drug-likeness (QED) is 0.639. The molecular formula is C16H18N2O3. The standard InChI is InChI=1S/C16H18N2O3/c1-3-21-16-6-4-5-13(11-16)12(2)17-14-7-9-15(10-8-14)18(19)20/h4-12,17H,3H2,1-2H3. The summed E-state index contributed by atoms with van der Waals surface area (Å²) in [6.45, 7) is 4.62. The van der Waals surface area contributed by atoms with Crippen molar-refractivity contribution >= 4 is 11.4 Å². The van der Waals surface area contributed by atoms with Gasteiger partial charge in [-0.3, -0.25) is 10.1 Å². The number of non-ortho nitro benzene ring substituents is 1. The van der Waals surface area contributed by atoms with Gasteiger partial charge in [-0.15, -0.1) is 0 Å². The molecule has 0 radical (unpaired) electrons. The number of nitrogens with zero attached hydrogens (tertiary/aromatic N) is 1. The molecular weight excluding hydrogens is 268 g/mol. The van der Waals surface area contributed by atoms with E-state index in [4.69, 9.17) is 4.74 Å². The highest BCUT2D eigenvalue weighted by Crippen LogP contribution is 2.24. The minimum atomic E-state index is -0.404. The van der Waals surface area contributed by atoms with Gasteiger partial charge in [0.1, 0.15) is 5.75 Å². The van der Waals surface area contributed by atoms with E-state index >= 15 is 0 Å². The molecule has 0 fully saturated rings. The molecule has 110 valence electrons. The number of rotatable bonds is 6. The van der Waals surface area contributed by atoms with Gasteiger partial charge in [0.05, 0.1) is 11.5 Å². The SMILES string of the molecule is CCOc1cccc(C(C)Nc2ccc([N+](=O)[O-])cc2)c1. The van der Waals surface area contributed by atoms with E-state index in [0.717, 1.165) is 17.0 Å². The van der Waals surface area contributed by atoms with Crippen LogP contribution in [0.5, 0.6) is 5.75 Å². The molecule has 5 nitrogen and oxygen atoms in total. The maximum absolute atomic E-state index is 10.6. The summed E-state index contributed by atoms with van der Waals surface area (Å²) in [5, 5.41) is 13.9. The molecule has 2 rings (SSSR count). The van der Waals surface area contributed by atoms with Gasteiger partial charge in [0.25, 0.3) is 5.69 Å². The van der Waals surface area contributed by atoms with E-state index in [0.29, 0.717) is 6.61 Å². The van der Waals surface area contributed by atoms with Crippen LogP contribution in [0, 0.1) is 10.1 Å². The molecule has 0 spiro atoms. The summed E-state index contributed by atoms with van der Waals surface area (Å²) in [7, 11) is 0. The maximum Gasteiger partial charge on any atom is 0.269 e. The summed E-state index contributed by atoms with van der Waals surface area (Å²) in [4.78, 5) is 10.2.